The molecule has 0 bridgehead atoms. The van der Waals surface area contributed by atoms with Crippen LogP contribution >= 0.6 is 0 Å². The number of carbonyl (C=O) groups is 2. The van der Waals surface area contributed by atoms with E-state index in [9.17, 15) is 14.0 Å². The summed E-state index contributed by atoms with van der Waals surface area (Å²) in [6.07, 6.45) is 1.52. The maximum Gasteiger partial charge on any atom is 0.363 e. The number of cyclic esters (lactones) is 1. The van der Waals surface area contributed by atoms with Crippen LogP contribution in [-0.2, 0) is 19.1 Å². The van der Waals surface area contributed by atoms with Crippen molar-refractivity contribution in [2.24, 2.45) is 4.99 Å². The number of carbonyl (C=O) groups excluding carboxylic acids is 2. The van der Waals surface area contributed by atoms with Gasteiger partial charge < -0.3 is 18.9 Å². The summed E-state index contributed by atoms with van der Waals surface area (Å²) in [5.74, 6) is -0.729. The second-order valence-corrected chi connectivity index (χ2v) is 5.62. The highest BCUT2D eigenvalue weighted by molar-refractivity contribution is 6.12. The van der Waals surface area contributed by atoms with Crippen molar-refractivity contribution < 1.29 is 32.9 Å². The number of hydrogen-bond acceptors (Lipinski definition) is 7. The van der Waals surface area contributed by atoms with Crippen LogP contribution in [0.4, 0.5) is 4.39 Å². The molecule has 7 nitrogen and oxygen atoms in total. The minimum atomic E-state index is -0.621. The highest BCUT2D eigenvalue weighted by Crippen LogP contribution is 2.29. The molecular weight excluding hydrogens is 369 g/mol. The number of rotatable bonds is 6. The zero-order valence-corrected chi connectivity index (χ0v) is 15.1. The van der Waals surface area contributed by atoms with E-state index in [2.05, 4.69) is 9.73 Å². The molecule has 0 saturated carbocycles. The van der Waals surface area contributed by atoms with Gasteiger partial charge in [0, 0.05) is 5.56 Å². The van der Waals surface area contributed by atoms with Gasteiger partial charge in [-0.3, -0.25) is 0 Å². The lowest BCUT2D eigenvalue weighted by Gasteiger charge is -2.10. The van der Waals surface area contributed by atoms with E-state index >= 15 is 0 Å². The standard InChI is InChI=1S/C20H16FNO6/c1-25-17-10-12(3-8-16(17)27-11-18(23)26-2)9-15-20(24)28-19(22-15)13-4-6-14(21)7-5-13/h3-10H,11H2,1-2H3/b15-9+. The van der Waals surface area contributed by atoms with Crippen molar-refractivity contribution in [3.05, 3.63) is 65.1 Å². The Morgan fingerprint density at radius 2 is 1.89 bits per heavy atom. The van der Waals surface area contributed by atoms with Gasteiger partial charge in [-0.05, 0) is 48.0 Å². The molecule has 0 unspecified atom stereocenters. The van der Waals surface area contributed by atoms with Crippen LogP contribution in [0, 0.1) is 5.82 Å². The highest BCUT2D eigenvalue weighted by atomic mass is 19.1. The molecule has 1 aliphatic heterocycles. The third-order valence-electron chi connectivity index (χ3n) is 3.78. The Hall–Kier alpha value is -3.68. The first-order valence-corrected chi connectivity index (χ1v) is 8.16. The molecular formula is C20H16FNO6. The summed E-state index contributed by atoms with van der Waals surface area (Å²) in [5, 5.41) is 0. The molecule has 8 heteroatoms. The average molecular weight is 385 g/mol. The van der Waals surface area contributed by atoms with Crippen LogP contribution in [0.5, 0.6) is 11.5 Å². The maximum absolute atomic E-state index is 13.0. The monoisotopic (exact) mass is 385 g/mol. The zero-order chi connectivity index (χ0) is 20.1. The van der Waals surface area contributed by atoms with E-state index in [1.165, 1.54) is 44.6 Å². The van der Waals surface area contributed by atoms with Crippen molar-refractivity contribution in [1.29, 1.82) is 0 Å². The second kappa shape index (κ2) is 8.34. The van der Waals surface area contributed by atoms with Crippen LogP contribution in [0.3, 0.4) is 0 Å². The molecule has 1 aliphatic rings. The predicted octanol–water partition coefficient (Wildman–Crippen LogP) is 2.73. The minimum absolute atomic E-state index is 0.0876. The summed E-state index contributed by atoms with van der Waals surface area (Å²) in [4.78, 5) is 27.4. The summed E-state index contributed by atoms with van der Waals surface area (Å²) >= 11 is 0. The molecule has 0 saturated heterocycles. The first-order chi connectivity index (χ1) is 13.5. The van der Waals surface area contributed by atoms with Crippen molar-refractivity contribution in [3.63, 3.8) is 0 Å². The van der Waals surface area contributed by atoms with E-state index in [1.807, 2.05) is 0 Å². The van der Waals surface area contributed by atoms with Gasteiger partial charge in [-0.15, -0.1) is 0 Å². The van der Waals surface area contributed by atoms with Crippen LogP contribution in [-0.4, -0.2) is 38.7 Å². The Kier molecular flexibility index (Phi) is 5.69. The van der Waals surface area contributed by atoms with Gasteiger partial charge in [0.2, 0.25) is 5.90 Å². The molecule has 28 heavy (non-hydrogen) atoms. The molecule has 3 rings (SSSR count). The molecule has 0 radical (unpaired) electrons. The molecule has 2 aromatic carbocycles. The van der Waals surface area contributed by atoms with Crippen molar-refractivity contribution >= 4 is 23.9 Å². The molecule has 2 aromatic rings. The summed E-state index contributed by atoms with van der Waals surface area (Å²) in [6, 6.07) is 10.3. The van der Waals surface area contributed by atoms with Crippen LogP contribution < -0.4 is 9.47 Å². The molecule has 0 fully saturated rings. The van der Waals surface area contributed by atoms with Crippen molar-refractivity contribution in [3.8, 4) is 11.5 Å². The van der Waals surface area contributed by atoms with Crippen LogP contribution in [0.1, 0.15) is 11.1 Å². The quantitative estimate of drug-likeness (QED) is 0.562. The van der Waals surface area contributed by atoms with E-state index < -0.39 is 17.8 Å². The van der Waals surface area contributed by atoms with E-state index in [0.29, 0.717) is 22.6 Å². The summed E-state index contributed by atoms with van der Waals surface area (Å²) in [6.45, 7) is -0.259. The molecule has 0 atom stereocenters. The molecule has 1 heterocycles. The largest absolute Gasteiger partial charge is 0.493 e. The van der Waals surface area contributed by atoms with E-state index in [0.717, 1.165) is 0 Å². The second-order valence-electron chi connectivity index (χ2n) is 5.62. The Morgan fingerprint density at radius 3 is 2.57 bits per heavy atom. The van der Waals surface area contributed by atoms with Gasteiger partial charge in [0.15, 0.2) is 23.8 Å². The maximum atomic E-state index is 13.0. The third-order valence-corrected chi connectivity index (χ3v) is 3.78. The number of hydrogen-bond donors (Lipinski definition) is 0. The normalized spacial score (nSPS) is 14.5. The molecule has 0 spiro atoms. The van der Waals surface area contributed by atoms with Gasteiger partial charge in [-0.1, -0.05) is 6.07 Å². The lowest BCUT2D eigenvalue weighted by Crippen LogP contribution is -2.12. The molecule has 0 amide bonds. The van der Waals surface area contributed by atoms with Gasteiger partial charge in [-0.25, -0.2) is 19.0 Å². The fourth-order valence-electron chi connectivity index (χ4n) is 2.37. The lowest BCUT2D eigenvalue weighted by molar-refractivity contribution is -0.143. The third kappa shape index (κ3) is 4.35. The number of nitrogens with zero attached hydrogens (tertiary/aromatic N) is 1. The number of benzene rings is 2. The first-order valence-electron chi connectivity index (χ1n) is 8.16. The van der Waals surface area contributed by atoms with Crippen molar-refractivity contribution in [2.75, 3.05) is 20.8 Å². The smallest absolute Gasteiger partial charge is 0.363 e. The Balaban J connectivity index is 1.83. The van der Waals surface area contributed by atoms with Gasteiger partial charge in [0.25, 0.3) is 0 Å². The van der Waals surface area contributed by atoms with E-state index in [1.54, 1.807) is 18.2 Å². The number of methoxy groups -OCH3 is 2. The number of halogens is 1. The Labute approximate surface area is 160 Å². The predicted molar refractivity (Wildman–Crippen MR) is 97.5 cm³/mol. The summed E-state index contributed by atoms with van der Waals surface area (Å²) < 4.78 is 33.3. The number of esters is 2. The van der Waals surface area contributed by atoms with Crippen LogP contribution in [0.25, 0.3) is 6.08 Å². The van der Waals surface area contributed by atoms with E-state index in [4.69, 9.17) is 14.2 Å². The SMILES string of the molecule is COC(=O)COc1ccc(/C=C2/N=C(c3ccc(F)cc3)OC2=O)cc1OC. The van der Waals surface area contributed by atoms with Gasteiger partial charge in [0.05, 0.1) is 14.2 Å². The average Bonchev–Trinajstić information content (AvgIpc) is 3.07. The van der Waals surface area contributed by atoms with Crippen LogP contribution in [0.2, 0.25) is 0 Å². The Bertz CT molecular complexity index is 965. The molecule has 0 N–H and O–H groups in total. The fourth-order valence-corrected chi connectivity index (χ4v) is 2.37. The molecule has 0 aromatic heterocycles. The number of ether oxygens (including phenoxy) is 4. The molecule has 144 valence electrons. The minimum Gasteiger partial charge on any atom is -0.493 e. The van der Waals surface area contributed by atoms with Crippen molar-refractivity contribution in [1.82, 2.24) is 0 Å². The first kappa shape index (κ1) is 19.1. The molecule has 0 aliphatic carbocycles. The lowest BCUT2D eigenvalue weighted by atomic mass is 10.1. The van der Waals surface area contributed by atoms with Gasteiger partial charge in [0.1, 0.15) is 5.82 Å². The topological polar surface area (TPSA) is 83.4 Å². The van der Waals surface area contributed by atoms with E-state index in [-0.39, 0.29) is 18.2 Å². The van der Waals surface area contributed by atoms with Gasteiger partial charge in [-0.2, -0.15) is 0 Å². The van der Waals surface area contributed by atoms with Crippen molar-refractivity contribution in [2.45, 2.75) is 0 Å². The Morgan fingerprint density at radius 1 is 1.14 bits per heavy atom. The fraction of sp³-hybridized carbons (Fsp3) is 0.150. The summed E-state index contributed by atoms with van der Waals surface area (Å²) in [7, 11) is 2.71. The van der Waals surface area contributed by atoms with Gasteiger partial charge >= 0.3 is 11.9 Å². The zero-order valence-electron chi connectivity index (χ0n) is 15.1. The van der Waals surface area contributed by atoms with Crippen LogP contribution in [0.15, 0.2) is 53.2 Å². The summed E-state index contributed by atoms with van der Waals surface area (Å²) in [5.41, 5.74) is 1.19. The number of aliphatic imine (C=N–C) groups is 1. The highest BCUT2D eigenvalue weighted by Gasteiger charge is 2.24.